The molecule has 0 bridgehead atoms. The Bertz CT molecular complexity index is 500. The summed E-state index contributed by atoms with van der Waals surface area (Å²) in [5.74, 6) is -1.71. The summed E-state index contributed by atoms with van der Waals surface area (Å²) >= 11 is 0. The second-order valence-corrected chi connectivity index (χ2v) is 9.56. The van der Waals surface area contributed by atoms with Gasteiger partial charge in [-0.15, -0.1) is 13.2 Å². The number of carboxylic acid groups (broad SMARTS) is 1. The lowest BCUT2D eigenvalue weighted by atomic mass is 10.0. The van der Waals surface area contributed by atoms with Crippen molar-refractivity contribution < 1.29 is 19.4 Å². The molecule has 0 radical (unpaired) electrons. The first-order chi connectivity index (χ1) is 16.1. The monoisotopic (exact) mass is 480 g/mol. The van der Waals surface area contributed by atoms with Crippen LogP contribution in [0.1, 0.15) is 137 Å². The molecule has 0 heterocycles. The van der Waals surface area contributed by atoms with Crippen molar-refractivity contribution in [3.05, 3.63) is 36.5 Å². The first kappa shape index (κ1) is 36.7. The van der Waals surface area contributed by atoms with E-state index in [-0.39, 0.29) is 0 Å². The summed E-state index contributed by atoms with van der Waals surface area (Å²) in [6, 6.07) is 0. The van der Waals surface area contributed by atoms with E-state index in [1.807, 2.05) is 27.7 Å². The molecule has 0 aromatic carbocycles. The summed E-state index contributed by atoms with van der Waals surface area (Å²) in [6.45, 7) is 17.6. The lowest BCUT2D eigenvalue weighted by Gasteiger charge is -2.04. The molecule has 1 N–H and O–H groups in total. The predicted octanol–water partition coefficient (Wildman–Crippen LogP) is 9.60. The summed E-state index contributed by atoms with van der Waals surface area (Å²) in [7, 11) is 0. The number of aliphatic carboxylic acids is 1. The molecule has 4 nitrogen and oxygen atoms in total. The van der Waals surface area contributed by atoms with Gasteiger partial charge in [0, 0.05) is 12.2 Å². The van der Waals surface area contributed by atoms with Gasteiger partial charge in [-0.25, -0.2) is 9.59 Å². The third-order valence-corrected chi connectivity index (χ3v) is 4.60. The molecular weight excluding hydrogens is 424 g/mol. The minimum Gasteiger partial charge on any atom is -0.478 e. The van der Waals surface area contributed by atoms with Crippen LogP contribution in [0.15, 0.2) is 36.5 Å². The molecule has 0 saturated carbocycles. The molecule has 0 spiro atoms. The summed E-state index contributed by atoms with van der Waals surface area (Å²) in [5.41, 5.74) is 2.33. The van der Waals surface area contributed by atoms with Crippen molar-refractivity contribution in [2.75, 3.05) is 6.61 Å². The highest BCUT2D eigenvalue weighted by Gasteiger charge is 1.98. The van der Waals surface area contributed by atoms with E-state index in [2.05, 4.69) is 20.1 Å². The van der Waals surface area contributed by atoms with Crippen LogP contribution in [-0.4, -0.2) is 23.7 Å². The van der Waals surface area contributed by atoms with Gasteiger partial charge in [0.05, 0.1) is 6.61 Å². The molecule has 0 aliphatic rings. The summed E-state index contributed by atoms with van der Waals surface area (Å²) in [5, 5.41) is 8.39. The third-order valence-electron chi connectivity index (χ3n) is 4.60. The van der Waals surface area contributed by atoms with Gasteiger partial charge in [0.25, 0.3) is 0 Å². The Morgan fingerprint density at radius 2 is 0.912 bits per heavy atom. The largest absolute Gasteiger partial charge is 0.478 e. The molecule has 0 aromatic heterocycles. The molecule has 4 heteroatoms. The van der Waals surface area contributed by atoms with Gasteiger partial charge in [-0.2, -0.15) is 0 Å². The maximum absolute atomic E-state index is 11.1. The number of carbonyl (C=O) groups excluding carboxylic acids is 1. The number of hydrogen-bond donors (Lipinski definition) is 1. The highest BCUT2D eigenvalue weighted by molar-refractivity contribution is 5.90. The number of hydrogen-bond acceptors (Lipinski definition) is 3. The van der Waals surface area contributed by atoms with Gasteiger partial charge in [-0.3, -0.25) is 0 Å². The zero-order valence-electron chi connectivity index (χ0n) is 23.3. The molecular formula is C30H56O4. The van der Waals surface area contributed by atoms with Gasteiger partial charge in [-0.05, 0) is 34.1 Å². The second kappa shape index (κ2) is 31.2. The van der Waals surface area contributed by atoms with Gasteiger partial charge >= 0.3 is 11.9 Å². The van der Waals surface area contributed by atoms with E-state index in [4.69, 9.17) is 9.84 Å². The van der Waals surface area contributed by atoms with E-state index in [1.54, 1.807) is 0 Å². The SMILES string of the molecule is C=C(C)C.C=C(C)C.CCCCCCCCCCCCCCCCCCOC(=O)/C=C\C(=O)O. The summed E-state index contributed by atoms with van der Waals surface area (Å²) in [4.78, 5) is 21.4. The fourth-order valence-corrected chi connectivity index (χ4v) is 3.01. The number of carboxylic acids is 1. The van der Waals surface area contributed by atoms with E-state index in [1.165, 1.54) is 101 Å². The Balaban J connectivity index is -0.00000103. The Morgan fingerprint density at radius 3 is 1.21 bits per heavy atom. The molecule has 0 fully saturated rings. The van der Waals surface area contributed by atoms with E-state index in [0.717, 1.165) is 25.0 Å². The third kappa shape index (κ3) is 52.2. The van der Waals surface area contributed by atoms with Crippen molar-refractivity contribution in [1.29, 1.82) is 0 Å². The molecule has 0 unspecified atom stereocenters. The highest BCUT2D eigenvalue weighted by atomic mass is 16.5. The van der Waals surface area contributed by atoms with Crippen molar-refractivity contribution >= 4 is 11.9 Å². The van der Waals surface area contributed by atoms with Gasteiger partial charge in [0.1, 0.15) is 0 Å². The summed E-state index contributed by atoms with van der Waals surface area (Å²) in [6.07, 6.45) is 22.7. The number of rotatable bonds is 19. The number of ether oxygens (including phenoxy) is 1. The Kier molecular flexibility index (Phi) is 33.7. The average Bonchev–Trinajstić information content (AvgIpc) is 2.73. The zero-order chi connectivity index (χ0) is 26.5. The molecule has 0 saturated heterocycles. The van der Waals surface area contributed by atoms with Gasteiger partial charge in [-0.1, -0.05) is 114 Å². The van der Waals surface area contributed by atoms with Crippen LogP contribution in [0, 0.1) is 0 Å². The minimum absolute atomic E-state index is 0.376. The van der Waals surface area contributed by atoms with Gasteiger partial charge in [0.15, 0.2) is 0 Å². The maximum atomic E-state index is 11.1. The van der Waals surface area contributed by atoms with Crippen LogP contribution in [-0.2, 0) is 14.3 Å². The molecule has 0 aliphatic heterocycles. The quantitative estimate of drug-likeness (QED) is 0.0865. The van der Waals surface area contributed by atoms with Crippen LogP contribution in [0.4, 0.5) is 0 Å². The normalized spacial score (nSPS) is 10.0. The van der Waals surface area contributed by atoms with Crippen molar-refractivity contribution in [2.24, 2.45) is 0 Å². The van der Waals surface area contributed by atoms with Crippen molar-refractivity contribution in [3.63, 3.8) is 0 Å². The van der Waals surface area contributed by atoms with Crippen LogP contribution in [0.3, 0.4) is 0 Å². The van der Waals surface area contributed by atoms with Crippen LogP contribution in [0.25, 0.3) is 0 Å². The first-order valence-electron chi connectivity index (χ1n) is 13.4. The lowest BCUT2D eigenvalue weighted by Crippen LogP contribution is -2.03. The van der Waals surface area contributed by atoms with E-state index >= 15 is 0 Å². The van der Waals surface area contributed by atoms with E-state index < -0.39 is 11.9 Å². The molecule has 0 amide bonds. The van der Waals surface area contributed by atoms with Crippen LogP contribution in [0.5, 0.6) is 0 Å². The van der Waals surface area contributed by atoms with E-state index in [9.17, 15) is 9.59 Å². The predicted molar refractivity (Wildman–Crippen MR) is 148 cm³/mol. The second-order valence-electron chi connectivity index (χ2n) is 9.56. The maximum Gasteiger partial charge on any atom is 0.331 e. The summed E-state index contributed by atoms with van der Waals surface area (Å²) < 4.78 is 4.92. The van der Waals surface area contributed by atoms with Crippen molar-refractivity contribution in [1.82, 2.24) is 0 Å². The number of esters is 1. The van der Waals surface area contributed by atoms with Gasteiger partial charge < -0.3 is 9.84 Å². The topological polar surface area (TPSA) is 63.6 Å². The highest BCUT2D eigenvalue weighted by Crippen LogP contribution is 2.13. The molecule has 0 atom stereocenters. The number of unbranched alkanes of at least 4 members (excludes halogenated alkanes) is 15. The Morgan fingerprint density at radius 1 is 0.618 bits per heavy atom. The molecule has 34 heavy (non-hydrogen) atoms. The lowest BCUT2D eigenvalue weighted by molar-refractivity contribution is -0.138. The van der Waals surface area contributed by atoms with Crippen LogP contribution >= 0.6 is 0 Å². The van der Waals surface area contributed by atoms with Crippen LogP contribution in [0.2, 0.25) is 0 Å². The minimum atomic E-state index is -1.13. The fourth-order valence-electron chi connectivity index (χ4n) is 3.01. The number of allylic oxidation sites excluding steroid dienone is 2. The first-order valence-corrected chi connectivity index (χ1v) is 13.4. The Hall–Kier alpha value is -1.84. The number of carbonyl (C=O) groups is 2. The van der Waals surface area contributed by atoms with E-state index in [0.29, 0.717) is 6.61 Å². The van der Waals surface area contributed by atoms with Gasteiger partial charge in [0.2, 0.25) is 0 Å². The molecule has 200 valence electrons. The molecule has 0 rings (SSSR count). The molecule has 0 aromatic rings. The standard InChI is InChI=1S/C22H40O4.2C4H8/c1-2-3-4-5-6-7-8-9-10-11-12-13-14-15-16-17-20-26-22(25)19-18-21(23)24;2*1-4(2)3/h18-19H,2-17,20H2,1H3,(H,23,24);2*1H2,2-3H3/b19-18-;;. The average molecular weight is 481 g/mol. The van der Waals surface area contributed by atoms with Crippen LogP contribution < -0.4 is 0 Å². The Labute approximate surface area is 211 Å². The van der Waals surface area contributed by atoms with Crippen molar-refractivity contribution in [3.8, 4) is 0 Å². The zero-order valence-corrected chi connectivity index (χ0v) is 23.3. The molecule has 0 aliphatic carbocycles. The van der Waals surface area contributed by atoms with Crippen molar-refractivity contribution in [2.45, 2.75) is 137 Å². The fraction of sp³-hybridized carbons (Fsp3) is 0.733. The smallest absolute Gasteiger partial charge is 0.331 e.